The molecule has 1 fully saturated rings. The fourth-order valence-electron chi connectivity index (χ4n) is 3.76. The Morgan fingerprint density at radius 2 is 2.05 bits per heavy atom. The number of hydrogen-bond acceptors (Lipinski definition) is 3. The molecule has 3 heteroatoms. The summed E-state index contributed by atoms with van der Waals surface area (Å²) in [4.78, 5) is 6.85. The molecule has 3 nitrogen and oxygen atoms in total. The fourth-order valence-corrected chi connectivity index (χ4v) is 3.76. The molecule has 0 aromatic heterocycles. The van der Waals surface area contributed by atoms with E-state index >= 15 is 0 Å². The number of rotatable bonds is 3. The predicted octanol–water partition coefficient (Wildman–Crippen LogP) is 3.01. The summed E-state index contributed by atoms with van der Waals surface area (Å²) in [5.74, 6) is 2.35. The first-order valence-corrected chi connectivity index (χ1v) is 7.84. The van der Waals surface area contributed by atoms with E-state index in [1.54, 1.807) is 0 Å². The summed E-state index contributed by atoms with van der Waals surface area (Å²) in [7, 11) is 0. The van der Waals surface area contributed by atoms with E-state index in [-0.39, 0.29) is 0 Å². The summed E-state index contributed by atoms with van der Waals surface area (Å²) in [6.45, 7) is 4.16. The van der Waals surface area contributed by atoms with Crippen molar-refractivity contribution >= 4 is 5.96 Å². The van der Waals surface area contributed by atoms with Gasteiger partial charge in [0.1, 0.15) is 0 Å². The molecule has 108 valence electrons. The first-order chi connectivity index (χ1) is 9.74. The van der Waals surface area contributed by atoms with Crippen molar-refractivity contribution in [3.8, 4) is 0 Å². The number of benzene rings is 1. The van der Waals surface area contributed by atoms with Crippen LogP contribution in [-0.4, -0.2) is 23.4 Å². The average molecular weight is 271 g/mol. The maximum Gasteiger partial charge on any atom is 0.191 e. The van der Waals surface area contributed by atoms with Crippen LogP contribution < -0.4 is 5.73 Å². The molecule has 0 amide bonds. The van der Waals surface area contributed by atoms with Gasteiger partial charge < -0.3 is 10.6 Å². The molecule has 3 unspecified atom stereocenters. The molecule has 1 aromatic rings. The Bertz CT molecular complexity index is 468. The lowest BCUT2D eigenvalue weighted by Crippen LogP contribution is -2.45. The summed E-state index contributed by atoms with van der Waals surface area (Å²) in [6.07, 6.45) is 5.42. The Hall–Kier alpha value is -1.51. The Morgan fingerprint density at radius 3 is 2.80 bits per heavy atom. The van der Waals surface area contributed by atoms with E-state index in [2.05, 4.69) is 47.1 Å². The molecule has 0 radical (unpaired) electrons. The summed E-state index contributed by atoms with van der Waals surface area (Å²) in [5, 5.41) is 0. The van der Waals surface area contributed by atoms with Gasteiger partial charge in [0.25, 0.3) is 0 Å². The molecule has 1 aliphatic carbocycles. The standard InChI is InChI=1S/C17H25N3/c1-13-6-5-9-15(10-13)16-11-19-17(18)20(16)12-14-7-3-2-4-8-14/h2-4,7-8,13,15-16H,5-6,9-12H2,1H3,(H2,18,19). The van der Waals surface area contributed by atoms with Crippen LogP contribution in [0.5, 0.6) is 0 Å². The highest BCUT2D eigenvalue weighted by atomic mass is 15.3. The van der Waals surface area contributed by atoms with E-state index in [0.29, 0.717) is 6.04 Å². The summed E-state index contributed by atoms with van der Waals surface area (Å²) in [5.41, 5.74) is 7.46. The van der Waals surface area contributed by atoms with Gasteiger partial charge in [-0.1, -0.05) is 50.1 Å². The molecule has 0 bridgehead atoms. The molecule has 1 aliphatic heterocycles. The molecule has 1 aromatic carbocycles. The van der Waals surface area contributed by atoms with Gasteiger partial charge >= 0.3 is 0 Å². The number of guanidine groups is 1. The van der Waals surface area contributed by atoms with E-state index in [1.807, 2.05) is 0 Å². The highest BCUT2D eigenvalue weighted by molar-refractivity contribution is 5.80. The monoisotopic (exact) mass is 271 g/mol. The molecular weight excluding hydrogens is 246 g/mol. The molecule has 0 saturated heterocycles. The van der Waals surface area contributed by atoms with Crippen molar-refractivity contribution in [2.45, 2.75) is 45.2 Å². The zero-order valence-electron chi connectivity index (χ0n) is 12.3. The molecule has 0 spiro atoms. The van der Waals surface area contributed by atoms with Gasteiger partial charge in [-0.3, -0.25) is 4.99 Å². The zero-order valence-corrected chi connectivity index (χ0v) is 12.3. The van der Waals surface area contributed by atoms with E-state index in [1.165, 1.54) is 31.2 Å². The molecule has 3 atom stereocenters. The van der Waals surface area contributed by atoms with Crippen LogP contribution in [0.15, 0.2) is 35.3 Å². The van der Waals surface area contributed by atoms with E-state index < -0.39 is 0 Å². The van der Waals surface area contributed by atoms with Crippen LogP contribution in [0.2, 0.25) is 0 Å². The minimum absolute atomic E-state index is 0.512. The third kappa shape index (κ3) is 2.82. The fraction of sp³-hybridized carbons (Fsp3) is 0.588. The van der Waals surface area contributed by atoms with Crippen LogP contribution in [-0.2, 0) is 6.54 Å². The number of hydrogen-bond donors (Lipinski definition) is 1. The molecule has 1 saturated carbocycles. The molecule has 20 heavy (non-hydrogen) atoms. The third-order valence-electron chi connectivity index (χ3n) is 4.85. The molecule has 2 aliphatic rings. The van der Waals surface area contributed by atoms with Gasteiger partial charge in [-0.2, -0.15) is 0 Å². The topological polar surface area (TPSA) is 41.6 Å². The van der Waals surface area contributed by atoms with E-state index in [4.69, 9.17) is 5.73 Å². The van der Waals surface area contributed by atoms with Crippen LogP contribution in [0.4, 0.5) is 0 Å². The summed E-state index contributed by atoms with van der Waals surface area (Å²) < 4.78 is 0. The van der Waals surface area contributed by atoms with Crippen molar-refractivity contribution in [1.29, 1.82) is 0 Å². The van der Waals surface area contributed by atoms with Crippen molar-refractivity contribution in [3.05, 3.63) is 35.9 Å². The van der Waals surface area contributed by atoms with Crippen molar-refractivity contribution in [2.24, 2.45) is 22.6 Å². The second-order valence-corrected chi connectivity index (χ2v) is 6.41. The minimum atomic E-state index is 0.512. The molecule has 3 rings (SSSR count). The maximum absolute atomic E-state index is 6.13. The highest BCUT2D eigenvalue weighted by Gasteiger charge is 2.34. The summed E-state index contributed by atoms with van der Waals surface area (Å²) >= 11 is 0. The smallest absolute Gasteiger partial charge is 0.191 e. The van der Waals surface area contributed by atoms with E-state index in [9.17, 15) is 0 Å². The van der Waals surface area contributed by atoms with Crippen LogP contribution in [0.25, 0.3) is 0 Å². The second kappa shape index (κ2) is 5.86. The average Bonchev–Trinajstić information content (AvgIpc) is 2.82. The van der Waals surface area contributed by atoms with Crippen LogP contribution in [0.1, 0.15) is 38.2 Å². The lowest BCUT2D eigenvalue weighted by molar-refractivity contribution is 0.170. The van der Waals surface area contributed by atoms with Crippen LogP contribution >= 0.6 is 0 Å². The van der Waals surface area contributed by atoms with Crippen LogP contribution in [0.3, 0.4) is 0 Å². The lowest BCUT2D eigenvalue weighted by atomic mass is 9.78. The van der Waals surface area contributed by atoms with Gasteiger partial charge in [0.15, 0.2) is 5.96 Å². The van der Waals surface area contributed by atoms with Crippen LogP contribution in [0, 0.1) is 11.8 Å². The number of nitrogens with zero attached hydrogens (tertiary/aromatic N) is 2. The summed E-state index contributed by atoms with van der Waals surface area (Å²) in [6, 6.07) is 11.1. The molecular formula is C17H25N3. The molecule has 2 N–H and O–H groups in total. The van der Waals surface area contributed by atoms with Gasteiger partial charge in [-0.15, -0.1) is 0 Å². The Balaban J connectivity index is 1.71. The van der Waals surface area contributed by atoms with Gasteiger partial charge in [0.05, 0.1) is 12.6 Å². The zero-order chi connectivity index (χ0) is 13.9. The first kappa shape index (κ1) is 13.5. The Kier molecular flexibility index (Phi) is 3.95. The van der Waals surface area contributed by atoms with Crippen molar-refractivity contribution in [1.82, 2.24) is 4.90 Å². The highest BCUT2D eigenvalue weighted by Crippen LogP contribution is 2.34. The van der Waals surface area contributed by atoms with Gasteiger partial charge in [-0.25, -0.2) is 0 Å². The van der Waals surface area contributed by atoms with Gasteiger partial charge in [-0.05, 0) is 30.2 Å². The predicted molar refractivity (Wildman–Crippen MR) is 83.4 cm³/mol. The Labute approximate surface area is 121 Å². The second-order valence-electron chi connectivity index (χ2n) is 6.41. The number of aliphatic imine (C=N–C) groups is 1. The minimum Gasteiger partial charge on any atom is -0.370 e. The van der Waals surface area contributed by atoms with Crippen molar-refractivity contribution in [2.75, 3.05) is 6.54 Å². The largest absolute Gasteiger partial charge is 0.370 e. The quantitative estimate of drug-likeness (QED) is 0.918. The third-order valence-corrected chi connectivity index (χ3v) is 4.85. The number of nitrogens with two attached hydrogens (primary N) is 1. The van der Waals surface area contributed by atoms with Crippen molar-refractivity contribution < 1.29 is 0 Å². The lowest BCUT2D eigenvalue weighted by Gasteiger charge is -2.36. The maximum atomic E-state index is 6.13. The first-order valence-electron chi connectivity index (χ1n) is 7.84. The molecule has 1 heterocycles. The SMILES string of the molecule is CC1CCCC(C2CN=C(N)N2Cc2ccccc2)C1. The van der Waals surface area contributed by atoms with Gasteiger partial charge in [0.2, 0.25) is 0 Å². The Morgan fingerprint density at radius 1 is 1.25 bits per heavy atom. The van der Waals surface area contributed by atoms with Gasteiger partial charge in [0, 0.05) is 6.54 Å². The van der Waals surface area contributed by atoms with Crippen molar-refractivity contribution in [3.63, 3.8) is 0 Å². The van der Waals surface area contributed by atoms with E-state index in [0.717, 1.165) is 30.9 Å². The normalized spacial score (nSPS) is 30.4.